The number of sulfonamides is 1. The Bertz CT molecular complexity index is 1170. The fraction of sp³-hybridized carbons (Fsp3) is 0.435. The molecule has 4 rings (SSSR count). The zero-order valence-electron chi connectivity index (χ0n) is 18.1. The van der Waals surface area contributed by atoms with Gasteiger partial charge in [0.05, 0.1) is 29.9 Å². The number of halogens is 3. The highest BCUT2D eigenvalue weighted by atomic mass is 32.2. The highest BCUT2D eigenvalue weighted by Crippen LogP contribution is 2.59. The maximum absolute atomic E-state index is 16.0. The van der Waals surface area contributed by atoms with Crippen molar-refractivity contribution in [3.8, 4) is 11.1 Å². The Morgan fingerprint density at radius 2 is 1.85 bits per heavy atom. The monoisotopic (exact) mass is 482 g/mol. The second kappa shape index (κ2) is 8.41. The van der Waals surface area contributed by atoms with Gasteiger partial charge in [-0.2, -0.15) is 0 Å². The van der Waals surface area contributed by atoms with Crippen LogP contribution in [0, 0.1) is 23.5 Å². The first kappa shape index (κ1) is 23.7. The standard InChI is InChI=1S/C23H25F3N2O4S/c1-13(29)15-12-28(20(15)11-27-33(2,31)32)22(30)17-10-23(17,26)16-7-4-3-6-14(16)21-18(24)8-5-9-19(21)25/h3-9,13,15,17,20,27,29H,10-12H2,1-2H3/t13-,15-,17-,20-,23+/m0/s1. The van der Waals surface area contributed by atoms with Crippen LogP contribution in [0.3, 0.4) is 0 Å². The number of alkyl halides is 1. The Morgan fingerprint density at radius 1 is 1.21 bits per heavy atom. The number of aliphatic hydroxyl groups excluding tert-OH is 1. The lowest BCUT2D eigenvalue weighted by molar-refractivity contribution is -0.150. The average molecular weight is 483 g/mol. The van der Waals surface area contributed by atoms with Gasteiger partial charge in [0.15, 0.2) is 0 Å². The topological polar surface area (TPSA) is 86.7 Å². The smallest absolute Gasteiger partial charge is 0.229 e. The molecule has 0 spiro atoms. The lowest BCUT2D eigenvalue weighted by Gasteiger charge is -2.49. The summed E-state index contributed by atoms with van der Waals surface area (Å²) in [5.74, 6) is -3.59. The van der Waals surface area contributed by atoms with Crippen molar-refractivity contribution in [3.05, 3.63) is 59.7 Å². The molecule has 5 atom stereocenters. The molecule has 1 heterocycles. The zero-order chi connectivity index (χ0) is 24.1. The number of nitrogens with zero attached hydrogens (tertiary/aromatic N) is 1. The summed E-state index contributed by atoms with van der Waals surface area (Å²) in [6.45, 7) is 1.63. The Labute approximate surface area is 190 Å². The molecule has 2 N–H and O–H groups in total. The van der Waals surface area contributed by atoms with Crippen molar-refractivity contribution in [2.24, 2.45) is 11.8 Å². The van der Waals surface area contributed by atoms with E-state index < -0.39 is 51.3 Å². The van der Waals surface area contributed by atoms with E-state index in [1.165, 1.54) is 23.1 Å². The summed E-state index contributed by atoms with van der Waals surface area (Å²) < 4.78 is 70.1. The van der Waals surface area contributed by atoms with Crippen LogP contribution in [0.1, 0.15) is 18.9 Å². The first-order valence-electron chi connectivity index (χ1n) is 10.6. The van der Waals surface area contributed by atoms with Gasteiger partial charge in [-0.15, -0.1) is 0 Å². The number of aliphatic hydroxyl groups is 1. The molecule has 0 unspecified atom stereocenters. The molecule has 2 aromatic rings. The van der Waals surface area contributed by atoms with E-state index in [1.54, 1.807) is 19.1 Å². The van der Waals surface area contributed by atoms with Crippen LogP contribution in [-0.2, 0) is 20.5 Å². The number of hydrogen-bond donors (Lipinski definition) is 2. The van der Waals surface area contributed by atoms with E-state index in [0.29, 0.717) is 0 Å². The van der Waals surface area contributed by atoms with Crippen LogP contribution in [0.15, 0.2) is 42.5 Å². The molecule has 2 fully saturated rings. The SMILES string of the molecule is C[C@H](O)[C@@H]1CN(C(=O)[C@@H]2C[C@@]2(F)c2ccccc2-c2c(F)cccc2F)[C@H]1CNS(C)(=O)=O. The third kappa shape index (κ3) is 4.39. The van der Waals surface area contributed by atoms with Crippen LogP contribution in [0.25, 0.3) is 11.1 Å². The number of hydrogen-bond acceptors (Lipinski definition) is 4. The molecule has 1 amide bonds. The molecular weight excluding hydrogens is 457 g/mol. The second-order valence-corrected chi connectivity index (χ2v) is 10.7. The van der Waals surface area contributed by atoms with Crippen LogP contribution in [0.4, 0.5) is 13.2 Å². The number of rotatable bonds is 7. The van der Waals surface area contributed by atoms with Crippen molar-refractivity contribution in [3.63, 3.8) is 0 Å². The quantitative estimate of drug-likeness (QED) is 0.635. The summed E-state index contributed by atoms with van der Waals surface area (Å²) in [4.78, 5) is 14.5. The van der Waals surface area contributed by atoms with Crippen LogP contribution < -0.4 is 4.72 Å². The van der Waals surface area contributed by atoms with Crippen LogP contribution in [-0.4, -0.2) is 55.8 Å². The van der Waals surface area contributed by atoms with Crippen molar-refractivity contribution in [2.75, 3.05) is 19.3 Å². The minimum atomic E-state index is -3.52. The minimum absolute atomic E-state index is 0.0331. The van der Waals surface area contributed by atoms with E-state index in [0.717, 1.165) is 18.4 Å². The van der Waals surface area contributed by atoms with Gasteiger partial charge in [-0.3, -0.25) is 4.79 Å². The van der Waals surface area contributed by atoms with E-state index in [1.807, 2.05) is 0 Å². The van der Waals surface area contributed by atoms with E-state index >= 15 is 4.39 Å². The first-order valence-corrected chi connectivity index (χ1v) is 12.5. The summed E-state index contributed by atoms with van der Waals surface area (Å²) in [5, 5.41) is 9.96. The third-order valence-electron chi connectivity index (χ3n) is 6.56. The minimum Gasteiger partial charge on any atom is -0.393 e. The molecule has 0 bridgehead atoms. The van der Waals surface area contributed by atoms with Gasteiger partial charge in [0.25, 0.3) is 0 Å². The van der Waals surface area contributed by atoms with Crippen molar-refractivity contribution in [2.45, 2.75) is 31.2 Å². The number of amides is 1. The largest absolute Gasteiger partial charge is 0.393 e. The van der Waals surface area contributed by atoms with Gasteiger partial charge in [-0.1, -0.05) is 30.3 Å². The van der Waals surface area contributed by atoms with Crippen molar-refractivity contribution in [1.29, 1.82) is 0 Å². The molecule has 1 saturated heterocycles. The lowest BCUT2D eigenvalue weighted by atomic mass is 9.83. The summed E-state index contributed by atoms with van der Waals surface area (Å²) >= 11 is 0. The van der Waals surface area contributed by atoms with Crippen molar-refractivity contribution < 1.29 is 31.5 Å². The molecule has 33 heavy (non-hydrogen) atoms. The van der Waals surface area contributed by atoms with Crippen LogP contribution in [0.5, 0.6) is 0 Å². The molecule has 1 aliphatic heterocycles. The number of benzene rings is 2. The van der Waals surface area contributed by atoms with E-state index in [-0.39, 0.29) is 42.1 Å². The molecule has 2 aromatic carbocycles. The normalized spacial score (nSPS) is 27.7. The van der Waals surface area contributed by atoms with E-state index in [2.05, 4.69) is 4.72 Å². The van der Waals surface area contributed by atoms with Gasteiger partial charge in [0.2, 0.25) is 15.9 Å². The lowest BCUT2D eigenvalue weighted by Crippen LogP contribution is -2.65. The van der Waals surface area contributed by atoms with Gasteiger partial charge in [-0.05, 0) is 30.2 Å². The molecule has 2 aliphatic rings. The molecule has 10 heteroatoms. The third-order valence-corrected chi connectivity index (χ3v) is 7.25. The van der Waals surface area contributed by atoms with Crippen LogP contribution >= 0.6 is 0 Å². The molecule has 178 valence electrons. The zero-order valence-corrected chi connectivity index (χ0v) is 18.9. The predicted octanol–water partition coefficient (Wildman–Crippen LogP) is 2.57. The van der Waals surface area contributed by atoms with Crippen molar-refractivity contribution in [1.82, 2.24) is 9.62 Å². The van der Waals surface area contributed by atoms with Crippen LogP contribution in [0.2, 0.25) is 0 Å². The van der Waals surface area contributed by atoms with Gasteiger partial charge in [0.1, 0.15) is 17.3 Å². The number of carbonyl (C=O) groups is 1. The first-order chi connectivity index (χ1) is 15.4. The number of carbonyl (C=O) groups excluding carboxylic acids is 1. The Kier molecular flexibility index (Phi) is 6.05. The fourth-order valence-corrected chi connectivity index (χ4v) is 5.11. The highest BCUT2D eigenvalue weighted by Gasteiger charge is 2.64. The summed E-state index contributed by atoms with van der Waals surface area (Å²) in [6.07, 6.45) is 0.0575. The summed E-state index contributed by atoms with van der Waals surface area (Å²) in [6, 6.07) is 8.72. The number of nitrogens with one attached hydrogen (secondary N) is 1. The molecule has 1 aliphatic carbocycles. The highest BCUT2D eigenvalue weighted by molar-refractivity contribution is 7.88. The van der Waals surface area contributed by atoms with E-state index in [4.69, 9.17) is 0 Å². The second-order valence-electron chi connectivity index (χ2n) is 8.84. The summed E-state index contributed by atoms with van der Waals surface area (Å²) in [7, 11) is -3.52. The van der Waals surface area contributed by atoms with Gasteiger partial charge in [-0.25, -0.2) is 26.3 Å². The summed E-state index contributed by atoms with van der Waals surface area (Å²) in [5.41, 5.74) is -2.37. The van der Waals surface area contributed by atoms with Crippen molar-refractivity contribution >= 4 is 15.9 Å². The molecule has 0 radical (unpaired) electrons. The average Bonchev–Trinajstić information content (AvgIpc) is 3.39. The van der Waals surface area contributed by atoms with Gasteiger partial charge >= 0.3 is 0 Å². The Morgan fingerprint density at radius 3 is 2.45 bits per heavy atom. The number of likely N-dealkylation sites (tertiary alicyclic amines) is 1. The molecule has 0 aromatic heterocycles. The Balaban J connectivity index is 1.59. The fourth-order valence-electron chi connectivity index (χ4n) is 4.64. The van der Waals surface area contributed by atoms with Gasteiger partial charge in [0, 0.05) is 25.4 Å². The van der Waals surface area contributed by atoms with Gasteiger partial charge < -0.3 is 10.0 Å². The molecular formula is C23H25F3N2O4S. The molecule has 6 nitrogen and oxygen atoms in total. The maximum Gasteiger partial charge on any atom is 0.229 e. The molecule has 1 saturated carbocycles. The predicted molar refractivity (Wildman–Crippen MR) is 116 cm³/mol. The Hall–Kier alpha value is -2.43. The van der Waals surface area contributed by atoms with E-state index in [9.17, 15) is 27.1 Å². The maximum atomic E-state index is 16.0.